The molecule has 0 amide bonds. The molecular weight excluding hydrogens is 204 g/mol. The fourth-order valence-corrected chi connectivity index (χ4v) is 0. The summed E-state index contributed by atoms with van der Waals surface area (Å²) in [5, 5.41) is 0. The van der Waals surface area contributed by atoms with Crippen LogP contribution < -0.4 is 0 Å². The third kappa shape index (κ3) is 36.1. The molecule has 0 heterocycles. The Labute approximate surface area is 52.7 Å². The summed E-state index contributed by atoms with van der Waals surface area (Å²) in [7, 11) is -2.28. The van der Waals surface area contributed by atoms with Crippen molar-refractivity contribution in [1.29, 1.82) is 0 Å². The first kappa shape index (κ1) is 9.52. The van der Waals surface area contributed by atoms with Crippen molar-refractivity contribution < 1.29 is 31.5 Å². The van der Waals surface area contributed by atoms with Gasteiger partial charge in [0.2, 0.25) is 0 Å². The number of hydrogen-bond donors (Lipinski definition) is 0. The molecule has 0 atom stereocenters. The zero-order chi connectivity index (χ0) is 3.58. The van der Waals surface area contributed by atoms with Crippen molar-refractivity contribution in [1.82, 2.24) is 0 Å². The molecule has 0 aliphatic heterocycles. The third-order valence-corrected chi connectivity index (χ3v) is 0. The summed E-state index contributed by atoms with van der Waals surface area (Å²) < 4.78 is 17.6. The second-order valence-electron chi connectivity index (χ2n) is 0.204. The Morgan fingerprint density at radius 1 is 1.40 bits per heavy atom. The molecule has 2 nitrogen and oxygen atoms in total. The summed E-state index contributed by atoms with van der Waals surface area (Å²) in [6.45, 7) is 0. The molecule has 0 aliphatic carbocycles. The first-order valence-corrected chi connectivity index (χ1v) is 2.50. The van der Waals surface area contributed by atoms with Gasteiger partial charge in [-0.05, 0) is 0 Å². The average Bonchev–Trinajstić information content (AvgIpc) is 0.811. The summed E-state index contributed by atoms with van der Waals surface area (Å²) in [5.74, 6) is 0. The second kappa shape index (κ2) is 5.23. The number of hydrogen-bond acceptors (Lipinski definition) is 3. The monoisotopic (exact) mass is 203 g/mol. The van der Waals surface area contributed by atoms with E-state index in [-0.39, 0.29) is 22.4 Å². The van der Waals surface area contributed by atoms with Crippen LogP contribution in [0.2, 0.25) is 0 Å². The fourth-order valence-electron chi connectivity index (χ4n) is 0. The molecule has 5 heavy (non-hydrogen) atoms. The zero-order valence-electron chi connectivity index (χ0n) is 1.93. The van der Waals surface area contributed by atoms with E-state index in [4.69, 9.17) is 9.11 Å². The SMILES string of the molecule is [Ag+2].[O-]S([O-])=S. The topological polar surface area (TPSA) is 46.1 Å². The van der Waals surface area contributed by atoms with Crippen LogP contribution >= 0.6 is 0 Å². The van der Waals surface area contributed by atoms with Gasteiger partial charge >= 0.3 is 22.4 Å². The van der Waals surface area contributed by atoms with E-state index in [2.05, 4.69) is 11.2 Å². The van der Waals surface area contributed by atoms with Crippen LogP contribution in [0.4, 0.5) is 0 Å². The Hall–Kier alpha value is 1.23. The molecular formula is AgO2S2. The summed E-state index contributed by atoms with van der Waals surface area (Å²) in [5.41, 5.74) is 0. The molecule has 0 aliphatic rings. The molecule has 0 unspecified atom stereocenters. The molecule has 35 valence electrons. The van der Waals surface area contributed by atoms with E-state index < -0.39 is 10.0 Å². The maximum atomic E-state index is 8.81. The van der Waals surface area contributed by atoms with E-state index in [1.54, 1.807) is 0 Å². The van der Waals surface area contributed by atoms with E-state index in [9.17, 15) is 0 Å². The molecule has 1 radical (unpaired) electrons. The Bertz CT molecular complexity index is 30.6. The van der Waals surface area contributed by atoms with Crippen LogP contribution in [0.15, 0.2) is 0 Å². The molecule has 0 aromatic carbocycles. The summed E-state index contributed by atoms with van der Waals surface area (Å²) >= 11 is 3.54. The Morgan fingerprint density at radius 3 is 1.40 bits per heavy atom. The van der Waals surface area contributed by atoms with Crippen molar-refractivity contribution in [3.63, 3.8) is 0 Å². The van der Waals surface area contributed by atoms with Gasteiger partial charge in [0.25, 0.3) is 0 Å². The van der Waals surface area contributed by atoms with Gasteiger partial charge < -0.3 is 19.1 Å². The minimum atomic E-state index is -2.28. The molecule has 0 bridgehead atoms. The van der Waals surface area contributed by atoms with Gasteiger partial charge in [-0.25, -0.2) is 0 Å². The van der Waals surface area contributed by atoms with Crippen molar-refractivity contribution in [3.8, 4) is 0 Å². The van der Waals surface area contributed by atoms with Crippen LogP contribution in [0.25, 0.3) is 0 Å². The fraction of sp³-hybridized carbons (Fsp3) is 0. The predicted molar refractivity (Wildman–Crippen MR) is 16.3 cm³/mol. The van der Waals surface area contributed by atoms with Crippen molar-refractivity contribution in [2.45, 2.75) is 0 Å². The van der Waals surface area contributed by atoms with E-state index in [0.29, 0.717) is 0 Å². The predicted octanol–water partition coefficient (Wildman–Crippen LogP) is -0.675. The second-order valence-corrected chi connectivity index (χ2v) is 1.43. The van der Waals surface area contributed by atoms with Gasteiger partial charge in [-0.15, -0.1) is 0 Å². The van der Waals surface area contributed by atoms with Gasteiger partial charge in [0.15, 0.2) is 0 Å². The van der Waals surface area contributed by atoms with Gasteiger partial charge in [0, 0.05) is 0 Å². The van der Waals surface area contributed by atoms with Gasteiger partial charge in [-0.1, -0.05) is 11.2 Å². The van der Waals surface area contributed by atoms with Crippen LogP contribution in [0, 0.1) is 0 Å². The minimum absolute atomic E-state index is 0. The van der Waals surface area contributed by atoms with Crippen LogP contribution in [0.5, 0.6) is 0 Å². The molecule has 0 saturated carbocycles. The Morgan fingerprint density at radius 2 is 1.40 bits per heavy atom. The van der Waals surface area contributed by atoms with E-state index in [0.717, 1.165) is 0 Å². The smallest absolute Gasteiger partial charge is 0.806 e. The molecule has 0 fully saturated rings. The van der Waals surface area contributed by atoms with Crippen LogP contribution in [0.3, 0.4) is 0 Å². The van der Waals surface area contributed by atoms with Crippen LogP contribution in [-0.2, 0) is 43.6 Å². The van der Waals surface area contributed by atoms with Gasteiger partial charge in [-0.3, -0.25) is 0 Å². The van der Waals surface area contributed by atoms with Crippen molar-refractivity contribution in [2.24, 2.45) is 0 Å². The summed E-state index contributed by atoms with van der Waals surface area (Å²) in [4.78, 5) is 0. The molecule has 0 spiro atoms. The molecule has 0 saturated heterocycles. The summed E-state index contributed by atoms with van der Waals surface area (Å²) in [6, 6.07) is 0. The quantitative estimate of drug-likeness (QED) is 0.491. The largest absolute Gasteiger partial charge is 2.00 e. The van der Waals surface area contributed by atoms with Crippen LogP contribution in [-0.4, -0.2) is 9.11 Å². The first-order chi connectivity index (χ1) is 1.73. The molecule has 0 aromatic rings. The molecule has 5 heteroatoms. The maximum Gasteiger partial charge on any atom is 2.00 e. The summed E-state index contributed by atoms with van der Waals surface area (Å²) in [6.07, 6.45) is 0. The van der Waals surface area contributed by atoms with Gasteiger partial charge in [0.1, 0.15) is 0 Å². The Kier molecular flexibility index (Phi) is 9.96. The first-order valence-electron chi connectivity index (χ1n) is 0.500. The van der Waals surface area contributed by atoms with Gasteiger partial charge in [0.05, 0.1) is 0 Å². The van der Waals surface area contributed by atoms with E-state index in [1.165, 1.54) is 0 Å². The average molecular weight is 204 g/mol. The van der Waals surface area contributed by atoms with Crippen molar-refractivity contribution in [2.75, 3.05) is 0 Å². The van der Waals surface area contributed by atoms with E-state index in [1.807, 2.05) is 0 Å². The molecule has 0 N–H and O–H groups in total. The maximum absolute atomic E-state index is 8.81. The van der Waals surface area contributed by atoms with E-state index >= 15 is 0 Å². The molecule has 0 aromatic heterocycles. The normalized spacial score (nSPS) is 7.00. The standard InChI is InChI=1S/Ag.H2O2S2/c;1-4(2)3/h;(H2,1,2,3)/q+2;/p-2. The number of rotatable bonds is 0. The van der Waals surface area contributed by atoms with Gasteiger partial charge in [-0.2, -0.15) is 0 Å². The Balaban J connectivity index is 0. The van der Waals surface area contributed by atoms with Crippen LogP contribution in [0.1, 0.15) is 0 Å². The zero-order valence-corrected chi connectivity index (χ0v) is 5.05. The molecule has 0 rings (SSSR count). The van der Waals surface area contributed by atoms with Crippen molar-refractivity contribution in [3.05, 3.63) is 0 Å². The minimum Gasteiger partial charge on any atom is -0.806 e. The van der Waals surface area contributed by atoms with Crippen molar-refractivity contribution >= 4 is 21.2 Å². The third-order valence-electron chi connectivity index (χ3n) is 0.